The van der Waals surface area contributed by atoms with Crippen LogP contribution in [0.15, 0.2) is 22.7 Å². The number of nitrogens with one attached hydrogen (secondary N) is 2. The second kappa shape index (κ2) is 6.58. The molecule has 0 bridgehead atoms. The number of halogens is 3. The fourth-order valence-corrected chi connectivity index (χ4v) is 2.65. The summed E-state index contributed by atoms with van der Waals surface area (Å²) in [7, 11) is 0. The van der Waals surface area contributed by atoms with Gasteiger partial charge in [0.1, 0.15) is 5.82 Å². The van der Waals surface area contributed by atoms with E-state index in [1.54, 1.807) is 23.9 Å². The molecule has 0 aromatic heterocycles. The third-order valence-electron chi connectivity index (χ3n) is 2.22. The topological polar surface area (TPSA) is 41.1 Å². The average Bonchev–Trinajstić information content (AvgIpc) is 2.75. The third kappa shape index (κ3) is 3.84. The van der Waals surface area contributed by atoms with Gasteiger partial charge in [0.05, 0.1) is 11.7 Å². The van der Waals surface area contributed by atoms with Crippen molar-refractivity contribution in [2.24, 2.45) is 0 Å². The smallest absolute Gasteiger partial charge is 0.242 e. The second-order valence-electron chi connectivity index (χ2n) is 3.39. The van der Waals surface area contributed by atoms with E-state index in [2.05, 4.69) is 26.6 Å². The maximum Gasteiger partial charge on any atom is 0.242 e. The van der Waals surface area contributed by atoms with Crippen LogP contribution in [0.1, 0.15) is 0 Å². The van der Waals surface area contributed by atoms with E-state index in [-0.39, 0.29) is 30.0 Å². The minimum Gasteiger partial charge on any atom is -0.322 e. The Labute approximate surface area is 117 Å². The Balaban J connectivity index is 0.00000144. The SMILES string of the molecule is Cl.O=C(Nc1ccc(Br)cc1F)C1CSCN1. The monoisotopic (exact) mass is 340 g/mol. The zero-order valence-electron chi connectivity index (χ0n) is 8.70. The number of carbonyl (C=O) groups is 1. The van der Waals surface area contributed by atoms with E-state index >= 15 is 0 Å². The molecule has 0 aliphatic carbocycles. The van der Waals surface area contributed by atoms with Gasteiger partial charge in [0.15, 0.2) is 0 Å². The quantitative estimate of drug-likeness (QED) is 0.869. The van der Waals surface area contributed by atoms with Crippen LogP contribution in [0.2, 0.25) is 0 Å². The summed E-state index contributed by atoms with van der Waals surface area (Å²) in [5, 5.41) is 5.60. The summed E-state index contributed by atoms with van der Waals surface area (Å²) in [6, 6.07) is 4.33. The van der Waals surface area contributed by atoms with Gasteiger partial charge in [0, 0.05) is 16.1 Å². The van der Waals surface area contributed by atoms with Gasteiger partial charge in [-0.15, -0.1) is 24.2 Å². The highest BCUT2D eigenvalue weighted by atomic mass is 79.9. The Bertz CT molecular complexity index is 415. The molecule has 1 heterocycles. The largest absolute Gasteiger partial charge is 0.322 e. The fraction of sp³-hybridized carbons (Fsp3) is 0.300. The van der Waals surface area contributed by atoms with Gasteiger partial charge < -0.3 is 5.32 Å². The van der Waals surface area contributed by atoms with E-state index < -0.39 is 5.82 Å². The van der Waals surface area contributed by atoms with Gasteiger partial charge in [0.25, 0.3) is 0 Å². The highest BCUT2D eigenvalue weighted by Gasteiger charge is 2.23. The van der Waals surface area contributed by atoms with Gasteiger partial charge in [-0.3, -0.25) is 10.1 Å². The minimum absolute atomic E-state index is 0. The summed E-state index contributed by atoms with van der Waals surface area (Å²) in [5.74, 6) is 0.866. The Kier molecular flexibility index (Phi) is 5.72. The molecule has 1 aromatic rings. The van der Waals surface area contributed by atoms with E-state index in [1.165, 1.54) is 6.07 Å². The van der Waals surface area contributed by atoms with Crippen molar-refractivity contribution in [1.82, 2.24) is 5.32 Å². The van der Waals surface area contributed by atoms with E-state index in [1.807, 2.05) is 0 Å². The first-order valence-electron chi connectivity index (χ1n) is 4.74. The molecule has 1 atom stereocenters. The van der Waals surface area contributed by atoms with Gasteiger partial charge in [-0.2, -0.15) is 0 Å². The zero-order valence-corrected chi connectivity index (χ0v) is 11.9. The predicted octanol–water partition coefficient (Wildman–Crippen LogP) is 2.61. The maximum absolute atomic E-state index is 13.4. The molecule has 2 N–H and O–H groups in total. The Hall–Kier alpha value is -0.300. The summed E-state index contributed by atoms with van der Waals surface area (Å²) >= 11 is 4.81. The molecule has 2 rings (SSSR count). The molecule has 1 amide bonds. The van der Waals surface area contributed by atoms with Crippen molar-refractivity contribution in [3.63, 3.8) is 0 Å². The molecule has 1 unspecified atom stereocenters. The van der Waals surface area contributed by atoms with E-state index in [9.17, 15) is 9.18 Å². The molecule has 1 fully saturated rings. The van der Waals surface area contributed by atoms with Crippen LogP contribution < -0.4 is 10.6 Å². The van der Waals surface area contributed by atoms with Gasteiger partial charge in [-0.1, -0.05) is 15.9 Å². The van der Waals surface area contributed by atoms with E-state index in [4.69, 9.17) is 0 Å². The van der Waals surface area contributed by atoms with Gasteiger partial charge in [-0.25, -0.2) is 4.39 Å². The van der Waals surface area contributed by atoms with Crippen molar-refractivity contribution in [2.45, 2.75) is 6.04 Å². The fourth-order valence-electron chi connectivity index (χ4n) is 1.37. The number of thioether (sulfide) groups is 1. The number of rotatable bonds is 2. The van der Waals surface area contributed by atoms with Crippen LogP contribution in [0.3, 0.4) is 0 Å². The van der Waals surface area contributed by atoms with Crippen molar-refractivity contribution in [1.29, 1.82) is 0 Å². The summed E-state index contributed by atoms with van der Waals surface area (Å²) in [6.07, 6.45) is 0. The van der Waals surface area contributed by atoms with Gasteiger partial charge in [0.2, 0.25) is 5.91 Å². The molecule has 1 aliphatic rings. The molecule has 1 aromatic carbocycles. The molecule has 1 saturated heterocycles. The Morgan fingerprint density at radius 1 is 1.59 bits per heavy atom. The van der Waals surface area contributed by atoms with E-state index in [0.29, 0.717) is 4.47 Å². The maximum atomic E-state index is 13.4. The summed E-state index contributed by atoms with van der Waals surface area (Å²) in [5.41, 5.74) is 0.215. The normalized spacial score (nSPS) is 18.6. The first-order chi connectivity index (χ1) is 7.66. The average molecular weight is 342 g/mol. The molecule has 0 spiro atoms. The van der Waals surface area contributed by atoms with Crippen LogP contribution in [-0.4, -0.2) is 23.6 Å². The minimum atomic E-state index is -0.437. The van der Waals surface area contributed by atoms with Gasteiger partial charge in [-0.05, 0) is 18.2 Å². The Morgan fingerprint density at radius 2 is 2.35 bits per heavy atom. The van der Waals surface area contributed by atoms with Crippen LogP contribution in [-0.2, 0) is 4.79 Å². The first-order valence-corrected chi connectivity index (χ1v) is 6.68. The Morgan fingerprint density at radius 3 is 2.94 bits per heavy atom. The third-order valence-corrected chi connectivity index (χ3v) is 3.65. The van der Waals surface area contributed by atoms with Crippen LogP contribution in [0.25, 0.3) is 0 Å². The van der Waals surface area contributed by atoms with Crippen molar-refractivity contribution >= 4 is 51.7 Å². The van der Waals surface area contributed by atoms with Crippen molar-refractivity contribution < 1.29 is 9.18 Å². The van der Waals surface area contributed by atoms with Crippen LogP contribution in [0.5, 0.6) is 0 Å². The molecule has 3 nitrogen and oxygen atoms in total. The molecular formula is C10H11BrClFN2OS. The molecule has 1 aliphatic heterocycles. The highest BCUT2D eigenvalue weighted by molar-refractivity contribution is 9.10. The highest BCUT2D eigenvalue weighted by Crippen LogP contribution is 2.20. The first kappa shape index (κ1) is 14.8. The number of anilines is 1. The predicted molar refractivity (Wildman–Crippen MR) is 74.2 cm³/mol. The second-order valence-corrected chi connectivity index (χ2v) is 5.33. The van der Waals surface area contributed by atoms with Crippen molar-refractivity contribution in [3.05, 3.63) is 28.5 Å². The van der Waals surface area contributed by atoms with Crippen LogP contribution in [0.4, 0.5) is 10.1 Å². The molecule has 94 valence electrons. The summed E-state index contributed by atoms with van der Waals surface area (Å²) in [4.78, 5) is 11.7. The summed E-state index contributed by atoms with van der Waals surface area (Å²) in [6.45, 7) is 0. The lowest BCUT2D eigenvalue weighted by Gasteiger charge is -2.11. The van der Waals surface area contributed by atoms with Crippen molar-refractivity contribution in [3.8, 4) is 0 Å². The zero-order chi connectivity index (χ0) is 11.5. The number of amides is 1. The number of carbonyl (C=O) groups excluding carboxylic acids is 1. The van der Waals surface area contributed by atoms with Crippen molar-refractivity contribution in [2.75, 3.05) is 16.9 Å². The standard InChI is InChI=1S/C10H10BrFN2OS.ClH/c11-6-1-2-8(7(12)3-6)14-10(15)9-4-16-5-13-9;/h1-3,9,13H,4-5H2,(H,14,15);1H. The molecule has 0 radical (unpaired) electrons. The van der Waals surface area contributed by atoms with Crippen LogP contribution in [0, 0.1) is 5.82 Å². The lowest BCUT2D eigenvalue weighted by molar-refractivity contribution is -0.117. The summed E-state index contributed by atoms with van der Waals surface area (Å²) < 4.78 is 14.1. The number of benzene rings is 1. The van der Waals surface area contributed by atoms with E-state index in [0.717, 1.165) is 11.6 Å². The number of hydrogen-bond acceptors (Lipinski definition) is 3. The molecular weight excluding hydrogens is 331 g/mol. The lowest BCUT2D eigenvalue weighted by Crippen LogP contribution is -2.37. The molecule has 0 saturated carbocycles. The number of hydrogen-bond donors (Lipinski definition) is 2. The van der Waals surface area contributed by atoms with Gasteiger partial charge >= 0.3 is 0 Å². The molecule has 7 heteroatoms. The lowest BCUT2D eigenvalue weighted by atomic mass is 10.2. The van der Waals surface area contributed by atoms with Crippen LogP contribution >= 0.6 is 40.1 Å². The molecule has 17 heavy (non-hydrogen) atoms.